The van der Waals surface area contributed by atoms with Gasteiger partial charge in [0, 0.05) is 20.6 Å². The van der Waals surface area contributed by atoms with Crippen LogP contribution in [0.2, 0.25) is 15.1 Å². The van der Waals surface area contributed by atoms with Crippen LogP contribution in [0.4, 0.5) is 5.69 Å². The second-order valence-electron chi connectivity index (χ2n) is 3.92. The van der Waals surface area contributed by atoms with Gasteiger partial charge in [0.05, 0.1) is 10.8 Å². The monoisotopic (exact) mass is 345 g/mol. The molecule has 0 fully saturated rings. The molecule has 0 aliphatic rings. The van der Waals surface area contributed by atoms with Crippen LogP contribution in [0.15, 0.2) is 47.4 Å². The fourth-order valence-corrected chi connectivity index (χ4v) is 2.98. The van der Waals surface area contributed by atoms with E-state index in [1.54, 1.807) is 42.5 Å². The van der Waals surface area contributed by atoms with Crippen molar-refractivity contribution in [1.82, 2.24) is 0 Å². The number of amides is 1. The lowest BCUT2D eigenvalue weighted by atomic mass is 10.3. The topological polar surface area (TPSA) is 29.1 Å². The van der Waals surface area contributed by atoms with Crippen LogP contribution in [0.3, 0.4) is 0 Å². The number of halogens is 3. The average molecular weight is 347 g/mol. The van der Waals surface area contributed by atoms with Crippen molar-refractivity contribution in [2.45, 2.75) is 4.90 Å². The van der Waals surface area contributed by atoms with Gasteiger partial charge < -0.3 is 5.32 Å². The average Bonchev–Trinajstić information content (AvgIpc) is 2.40. The molecule has 1 N–H and O–H groups in total. The Morgan fingerprint density at radius 3 is 2.55 bits per heavy atom. The minimum absolute atomic E-state index is 0.131. The molecular weight excluding hydrogens is 337 g/mol. The number of carbonyl (C=O) groups excluding carboxylic acids is 1. The van der Waals surface area contributed by atoms with Crippen molar-refractivity contribution in [2.75, 3.05) is 11.1 Å². The van der Waals surface area contributed by atoms with Gasteiger partial charge in [-0.15, -0.1) is 11.8 Å². The van der Waals surface area contributed by atoms with Gasteiger partial charge in [-0.2, -0.15) is 0 Å². The van der Waals surface area contributed by atoms with Gasteiger partial charge in [-0.25, -0.2) is 0 Å². The third-order valence-electron chi connectivity index (χ3n) is 2.36. The van der Waals surface area contributed by atoms with E-state index < -0.39 is 0 Å². The Morgan fingerprint density at radius 1 is 1.05 bits per heavy atom. The number of nitrogens with one attached hydrogen (secondary N) is 1. The summed E-state index contributed by atoms with van der Waals surface area (Å²) in [5.41, 5.74) is 0.667. The second-order valence-corrected chi connectivity index (χ2v) is 6.22. The molecule has 1 amide bonds. The van der Waals surface area contributed by atoms with Crippen molar-refractivity contribution in [3.63, 3.8) is 0 Å². The van der Waals surface area contributed by atoms with Crippen LogP contribution >= 0.6 is 46.6 Å². The summed E-state index contributed by atoms with van der Waals surface area (Å²) < 4.78 is 0. The molecule has 0 saturated heterocycles. The number of hydrogen-bond donors (Lipinski definition) is 1. The van der Waals surface area contributed by atoms with Crippen LogP contribution in [0, 0.1) is 0 Å². The zero-order valence-corrected chi connectivity index (χ0v) is 13.3. The third kappa shape index (κ3) is 4.60. The van der Waals surface area contributed by atoms with Gasteiger partial charge in [0.25, 0.3) is 0 Å². The Hall–Kier alpha value is -0.870. The molecule has 2 aromatic rings. The lowest BCUT2D eigenvalue weighted by Crippen LogP contribution is -2.13. The van der Waals surface area contributed by atoms with Gasteiger partial charge in [-0.3, -0.25) is 4.79 Å². The Bertz CT molecular complexity index is 634. The zero-order chi connectivity index (χ0) is 14.5. The van der Waals surface area contributed by atoms with Crippen molar-refractivity contribution in [2.24, 2.45) is 0 Å². The molecule has 0 aromatic heterocycles. The van der Waals surface area contributed by atoms with E-state index in [1.807, 2.05) is 0 Å². The molecule has 0 bridgehead atoms. The smallest absolute Gasteiger partial charge is 0.234 e. The Kier molecular flexibility index (Phi) is 5.61. The third-order valence-corrected chi connectivity index (χ3v) is 4.33. The standard InChI is InChI=1S/C14H10Cl3NOS/c15-9-2-1-3-11(6-9)18-14(19)8-20-13-7-10(16)4-5-12(13)17/h1-7H,8H2,(H,18,19). The van der Waals surface area contributed by atoms with E-state index in [0.29, 0.717) is 20.8 Å². The number of thioether (sulfide) groups is 1. The minimum atomic E-state index is -0.131. The highest BCUT2D eigenvalue weighted by molar-refractivity contribution is 8.00. The van der Waals surface area contributed by atoms with Gasteiger partial charge in [-0.05, 0) is 36.4 Å². The molecule has 0 unspecified atom stereocenters. The largest absolute Gasteiger partial charge is 0.325 e. The predicted molar refractivity (Wildman–Crippen MR) is 87.3 cm³/mol. The molecule has 0 aliphatic carbocycles. The summed E-state index contributed by atoms with van der Waals surface area (Å²) in [4.78, 5) is 12.6. The molecule has 2 nitrogen and oxygen atoms in total. The predicted octanol–water partition coefficient (Wildman–Crippen LogP) is 5.38. The van der Waals surface area contributed by atoms with Crippen LogP contribution in [0.1, 0.15) is 0 Å². The molecule has 20 heavy (non-hydrogen) atoms. The lowest BCUT2D eigenvalue weighted by Gasteiger charge is -2.07. The van der Waals surface area contributed by atoms with Crippen LogP contribution in [-0.2, 0) is 4.79 Å². The highest BCUT2D eigenvalue weighted by Crippen LogP contribution is 2.29. The maximum Gasteiger partial charge on any atom is 0.234 e. The normalized spacial score (nSPS) is 10.3. The summed E-state index contributed by atoms with van der Waals surface area (Å²) in [5.74, 6) is 0.111. The van der Waals surface area contributed by atoms with E-state index in [4.69, 9.17) is 34.8 Å². The number of hydrogen-bond acceptors (Lipinski definition) is 2. The second kappa shape index (κ2) is 7.23. The van der Waals surface area contributed by atoms with Gasteiger partial charge in [0.1, 0.15) is 0 Å². The summed E-state index contributed by atoms with van der Waals surface area (Å²) in [6, 6.07) is 12.1. The van der Waals surface area contributed by atoms with Gasteiger partial charge in [0.2, 0.25) is 5.91 Å². The molecule has 0 heterocycles. The fraction of sp³-hybridized carbons (Fsp3) is 0.0714. The molecule has 0 atom stereocenters. The summed E-state index contributed by atoms with van der Waals surface area (Å²) in [6.07, 6.45) is 0. The lowest BCUT2D eigenvalue weighted by molar-refractivity contribution is -0.113. The highest BCUT2D eigenvalue weighted by atomic mass is 35.5. The first kappa shape index (κ1) is 15.5. The maximum atomic E-state index is 11.8. The van der Waals surface area contributed by atoms with Crippen molar-refractivity contribution >= 4 is 58.2 Å². The number of benzene rings is 2. The number of carbonyl (C=O) groups is 1. The summed E-state index contributed by atoms with van der Waals surface area (Å²) >= 11 is 19.1. The number of rotatable bonds is 4. The Morgan fingerprint density at radius 2 is 1.80 bits per heavy atom. The van der Waals surface area contributed by atoms with E-state index in [1.165, 1.54) is 11.8 Å². The first-order valence-electron chi connectivity index (χ1n) is 5.68. The van der Waals surface area contributed by atoms with Crippen molar-refractivity contribution in [1.29, 1.82) is 0 Å². The van der Waals surface area contributed by atoms with Gasteiger partial charge in [0.15, 0.2) is 0 Å². The zero-order valence-electron chi connectivity index (χ0n) is 10.2. The summed E-state index contributed by atoms with van der Waals surface area (Å²) in [7, 11) is 0. The highest BCUT2D eigenvalue weighted by Gasteiger charge is 2.07. The van der Waals surface area contributed by atoms with E-state index >= 15 is 0 Å². The first-order chi connectivity index (χ1) is 9.54. The van der Waals surface area contributed by atoms with Crippen LogP contribution in [-0.4, -0.2) is 11.7 Å². The minimum Gasteiger partial charge on any atom is -0.325 e. The van der Waals surface area contributed by atoms with Crippen molar-refractivity contribution < 1.29 is 4.79 Å². The fourth-order valence-electron chi connectivity index (χ4n) is 1.49. The van der Waals surface area contributed by atoms with E-state index in [9.17, 15) is 4.79 Å². The molecule has 0 spiro atoms. The van der Waals surface area contributed by atoms with E-state index in [0.717, 1.165) is 4.90 Å². The van der Waals surface area contributed by atoms with Crippen LogP contribution < -0.4 is 5.32 Å². The Labute approximate surface area is 136 Å². The molecule has 2 rings (SSSR count). The molecule has 6 heteroatoms. The SMILES string of the molecule is O=C(CSc1cc(Cl)ccc1Cl)Nc1cccc(Cl)c1. The Balaban J connectivity index is 1.94. The summed E-state index contributed by atoms with van der Waals surface area (Å²) in [6.45, 7) is 0. The maximum absolute atomic E-state index is 11.8. The van der Waals surface area contributed by atoms with E-state index in [2.05, 4.69) is 5.32 Å². The molecule has 2 aromatic carbocycles. The molecule has 104 valence electrons. The van der Waals surface area contributed by atoms with Gasteiger partial charge >= 0.3 is 0 Å². The molecular formula is C14H10Cl3NOS. The van der Waals surface area contributed by atoms with Crippen molar-refractivity contribution in [3.05, 3.63) is 57.5 Å². The molecule has 0 radical (unpaired) electrons. The quantitative estimate of drug-likeness (QED) is 0.753. The summed E-state index contributed by atoms with van der Waals surface area (Å²) in [5, 5.41) is 4.51. The van der Waals surface area contributed by atoms with E-state index in [-0.39, 0.29) is 11.7 Å². The van der Waals surface area contributed by atoms with Crippen LogP contribution in [0.25, 0.3) is 0 Å². The van der Waals surface area contributed by atoms with Crippen molar-refractivity contribution in [3.8, 4) is 0 Å². The first-order valence-corrected chi connectivity index (χ1v) is 7.80. The molecule has 0 saturated carbocycles. The molecule has 0 aliphatic heterocycles. The van der Waals surface area contributed by atoms with Gasteiger partial charge in [-0.1, -0.05) is 40.9 Å². The number of anilines is 1. The van der Waals surface area contributed by atoms with Crippen LogP contribution in [0.5, 0.6) is 0 Å².